The molecule has 2 N–H and O–H groups in total. The van der Waals surface area contributed by atoms with E-state index in [0.717, 1.165) is 12.1 Å². The number of benzene rings is 2. The predicted octanol–water partition coefficient (Wildman–Crippen LogP) is 4.31. The third-order valence-corrected chi connectivity index (χ3v) is 8.51. The summed E-state index contributed by atoms with van der Waals surface area (Å²) in [6.07, 6.45) is 8.83. The number of hydrogen-bond donors (Lipinski definition) is 2. The first-order valence-electron chi connectivity index (χ1n) is 12.7. The van der Waals surface area contributed by atoms with Crippen molar-refractivity contribution in [2.75, 3.05) is 19.6 Å². The van der Waals surface area contributed by atoms with E-state index in [1.54, 1.807) is 12.1 Å². The van der Waals surface area contributed by atoms with Crippen LogP contribution in [0.25, 0.3) is 0 Å². The minimum atomic E-state index is -3.62. The second-order valence-corrected chi connectivity index (χ2v) is 11.4. The number of likely N-dealkylation sites (tertiary alicyclic amines) is 1. The van der Waals surface area contributed by atoms with Gasteiger partial charge in [0, 0.05) is 26.1 Å². The molecular formula is C27H37N3O3S. The van der Waals surface area contributed by atoms with Gasteiger partial charge in [0.2, 0.25) is 15.9 Å². The fourth-order valence-electron chi connectivity index (χ4n) is 4.99. The van der Waals surface area contributed by atoms with E-state index in [0.29, 0.717) is 12.5 Å². The summed E-state index contributed by atoms with van der Waals surface area (Å²) in [6.45, 7) is 3.85. The number of carbonyl (C=O) groups is 1. The number of nitrogens with one attached hydrogen (secondary N) is 2. The van der Waals surface area contributed by atoms with Crippen molar-refractivity contribution in [1.82, 2.24) is 14.9 Å². The summed E-state index contributed by atoms with van der Waals surface area (Å²) in [4.78, 5) is 14.9. The minimum Gasteiger partial charge on any atom is -0.352 e. The molecule has 2 aliphatic rings. The molecule has 34 heavy (non-hydrogen) atoms. The fraction of sp³-hybridized carbons (Fsp3) is 0.519. The van der Waals surface area contributed by atoms with Gasteiger partial charge in [0.1, 0.15) is 0 Å². The third kappa shape index (κ3) is 7.14. The Morgan fingerprint density at radius 2 is 1.50 bits per heavy atom. The molecule has 0 atom stereocenters. The first-order chi connectivity index (χ1) is 16.5. The summed E-state index contributed by atoms with van der Waals surface area (Å²) in [5.74, 6) is 0.375. The normalized spacial score (nSPS) is 17.6. The zero-order chi connectivity index (χ0) is 23.8. The molecule has 1 saturated carbocycles. The zero-order valence-corrected chi connectivity index (χ0v) is 20.8. The molecule has 0 aromatic heterocycles. The molecular weight excluding hydrogens is 446 g/mol. The maximum Gasteiger partial charge on any atom is 0.240 e. The molecule has 2 aromatic rings. The molecule has 7 heteroatoms. The van der Waals surface area contributed by atoms with Gasteiger partial charge in [0.25, 0.3) is 0 Å². The van der Waals surface area contributed by atoms with Crippen molar-refractivity contribution < 1.29 is 13.2 Å². The molecule has 6 nitrogen and oxygen atoms in total. The smallest absolute Gasteiger partial charge is 0.240 e. The van der Waals surface area contributed by atoms with Crippen LogP contribution < -0.4 is 10.0 Å². The summed E-state index contributed by atoms with van der Waals surface area (Å²) < 4.78 is 27.7. The van der Waals surface area contributed by atoms with E-state index < -0.39 is 10.0 Å². The minimum absolute atomic E-state index is 0.0767. The highest BCUT2D eigenvalue weighted by atomic mass is 32.2. The van der Waals surface area contributed by atoms with Crippen LogP contribution in [0.2, 0.25) is 0 Å². The van der Waals surface area contributed by atoms with Gasteiger partial charge in [-0.15, -0.1) is 0 Å². The van der Waals surface area contributed by atoms with Crippen LogP contribution in [0.1, 0.15) is 74.0 Å². The van der Waals surface area contributed by atoms with Gasteiger partial charge in [-0.25, -0.2) is 13.1 Å². The number of nitrogens with zero attached hydrogens (tertiary/aromatic N) is 1. The largest absolute Gasteiger partial charge is 0.352 e. The second-order valence-electron chi connectivity index (χ2n) is 9.63. The van der Waals surface area contributed by atoms with Gasteiger partial charge in [-0.2, -0.15) is 0 Å². The molecule has 1 amide bonds. The van der Waals surface area contributed by atoms with E-state index in [1.807, 2.05) is 24.3 Å². The van der Waals surface area contributed by atoms with Crippen LogP contribution in [0.5, 0.6) is 0 Å². The lowest BCUT2D eigenvalue weighted by Gasteiger charge is -2.22. The summed E-state index contributed by atoms with van der Waals surface area (Å²) in [7, 11) is -3.62. The SMILES string of the molecule is O=C(CCNS(=O)(=O)c1ccc(C2CCCCC2)cc1)NCc1ccc(CN2CCCC2)cc1. The van der Waals surface area contributed by atoms with Gasteiger partial charge in [0.15, 0.2) is 0 Å². The van der Waals surface area contributed by atoms with Crippen LogP contribution >= 0.6 is 0 Å². The maximum atomic E-state index is 12.6. The molecule has 0 unspecified atom stereocenters. The molecule has 1 aliphatic heterocycles. The van der Waals surface area contributed by atoms with Gasteiger partial charge in [-0.3, -0.25) is 9.69 Å². The quantitative estimate of drug-likeness (QED) is 0.528. The maximum absolute atomic E-state index is 12.6. The Kier molecular flexibility index (Phi) is 8.75. The van der Waals surface area contributed by atoms with Crippen molar-refractivity contribution in [2.24, 2.45) is 0 Å². The van der Waals surface area contributed by atoms with Crippen LogP contribution in [0.4, 0.5) is 0 Å². The highest BCUT2D eigenvalue weighted by Gasteiger charge is 2.18. The Bertz CT molecular complexity index is 1020. The topological polar surface area (TPSA) is 78.5 Å². The molecule has 1 heterocycles. The molecule has 0 radical (unpaired) electrons. The van der Waals surface area contributed by atoms with E-state index in [1.165, 1.54) is 69.2 Å². The number of amides is 1. The van der Waals surface area contributed by atoms with Crippen LogP contribution in [-0.2, 0) is 27.9 Å². The number of carbonyl (C=O) groups excluding carboxylic acids is 1. The lowest BCUT2D eigenvalue weighted by Crippen LogP contribution is -2.30. The molecule has 2 fully saturated rings. The third-order valence-electron chi connectivity index (χ3n) is 7.03. The average molecular weight is 484 g/mol. The Hall–Kier alpha value is -2.22. The van der Waals surface area contributed by atoms with Crippen molar-refractivity contribution in [3.63, 3.8) is 0 Å². The van der Waals surface area contributed by atoms with E-state index in [9.17, 15) is 13.2 Å². The number of sulfonamides is 1. The first kappa shape index (κ1) is 24.9. The van der Waals surface area contributed by atoms with Gasteiger partial charge in [0.05, 0.1) is 4.90 Å². The molecule has 0 bridgehead atoms. The van der Waals surface area contributed by atoms with Crippen molar-refractivity contribution in [3.05, 3.63) is 65.2 Å². The van der Waals surface area contributed by atoms with Gasteiger partial charge in [-0.1, -0.05) is 55.7 Å². The Balaban J connectivity index is 1.18. The fourth-order valence-corrected chi connectivity index (χ4v) is 6.02. The summed E-state index contributed by atoms with van der Waals surface area (Å²) >= 11 is 0. The molecule has 0 spiro atoms. The van der Waals surface area contributed by atoms with E-state index in [-0.39, 0.29) is 23.8 Å². The van der Waals surface area contributed by atoms with Gasteiger partial charge in [-0.05, 0) is 73.5 Å². The number of rotatable bonds is 10. The van der Waals surface area contributed by atoms with Crippen molar-refractivity contribution in [3.8, 4) is 0 Å². The van der Waals surface area contributed by atoms with Crippen LogP contribution in [0.15, 0.2) is 53.4 Å². The summed E-state index contributed by atoms with van der Waals surface area (Å²) in [5.41, 5.74) is 3.55. The van der Waals surface area contributed by atoms with Gasteiger partial charge >= 0.3 is 0 Å². The lowest BCUT2D eigenvalue weighted by atomic mass is 9.84. The predicted molar refractivity (Wildman–Crippen MR) is 135 cm³/mol. The van der Waals surface area contributed by atoms with E-state index in [4.69, 9.17) is 0 Å². The number of hydrogen-bond acceptors (Lipinski definition) is 4. The average Bonchev–Trinajstić information content (AvgIpc) is 3.37. The second kappa shape index (κ2) is 12.0. The molecule has 4 rings (SSSR count). The summed E-state index contributed by atoms with van der Waals surface area (Å²) in [6, 6.07) is 15.6. The molecule has 2 aromatic carbocycles. The molecule has 184 valence electrons. The zero-order valence-electron chi connectivity index (χ0n) is 20.0. The first-order valence-corrected chi connectivity index (χ1v) is 14.1. The Labute approximate surface area is 204 Å². The Morgan fingerprint density at radius 3 is 2.18 bits per heavy atom. The highest BCUT2D eigenvalue weighted by molar-refractivity contribution is 7.89. The highest BCUT2D eigenvalue weighted by Crippen LogP contribution is 2.32. The van der Waals surface area contributed by atoms with Crippen LogP contribution in [0, 0.1) is 0 Å². The molecule has 1 aliphatic carbocycles. The van der Waals surface area contributed by atoms with Crippen molar-refractivity contribution in [1.29, 1.82) is 0 Å². The van der Waals surface area contributed by atoms with Crippen molar-refractivity contribution in [2.45, 2.75) is 75.3 Å². The van der Waals surface area contributed by atoms with Crippen LogP contribution in [-0.4, -0.2) is 38.9 Å². The lowest BCUT2D eigenvalue weighted by molar-refractivity contribution is -0.121. The Morgan fingerprint density at radius 1 is 0.853 bits per heavy atom. The summed E-state index contributed by atoms with van der Waals surface area (Å²) in [5, 5.41) is 2.88. The van der Waals surface area contributed by atoms with E-state index >= 15 is 0 Å². The van der Waals surface area contributed by atoms with E-state index in [2.05, 4.69) is 27.1 Å². The monoisotopic (exact) mass is 483 g/mol. The standard InChI is InChI=1S/C27H37N3O3S/c31-27(28-20-22-8-10-23(11-9-22)21-30-18-4-5-19-30)16-17-29-34(32,33)26-14-12-25(13-15-26)24-6-2-1-3-7-24/h8-15,24,29H,1-7,16-21H2,(H,28,31). The van der Waals surface area contributed by atoms with Crippen molar-refractivity contribution >= 4 is 15.9 Å². The van der Waals surface area contributed by atoms with Crippen LogP contribution in [0.3, 0.4) is 0 Å². The molecule has 1 saturated heterocycles. The van der Waals surface area contributed by atoms with Gasteiger partial charge < -0.3 is 5.32 Å².